The molecular weight excluding hydrogens is 471 g/mol. The smallest absolute Gasteiger partial charge is 0.326 e. The van der Waals surface area contributed by atoms with Crippen LogP contribution in [0.15, 0.2) is 53.3 Å². The number of imidazole rings is 1. The summed E-state index contributed by atoms with van der Waals surface area (Å²) in [6.45, 7) is 1.96. The fraction of sp³-hybridized carbons (Fsp3) is 0.462. The van der Waals surface area contributed by atoms with Gasteiger partial charge in [-0.2, -0.15) is 0 Å². The Bertz CT molecular complexity index is 1200. The van der Waals surface area contributed by atoms with Crippen LogP contribution in [0.3, 0.4) is 0 Å². The summed E-state index contributed by atoms with van der Waals surface area (Å²) in [5.41, 5.74) is 9.07. The molecular formula is C26H32Cl2N4O2. The van der Waals surface area contributed by atoms with Gasteiger partial charge in [0.25, 0.3) is 0 Å². The Morgan fingerprint density at radius 2 is 1.76 bits per heavy atom. The van der Waals surface area contributed by atoms with E-state index < -0.39 is 0 Å². The van der Waals surface area contributed by atoms with Crippen LogP contribution in [0.5, 0.6) is 0 Å². The number of nitrogens with zero attached hydrogens (tertiary/aromatic N) is 2. The third kappa shape index (κ3) is 4.51. The van der Waals surface area contributed by atoms with Crippen LogP contribution in [0.2, 0.25) is 5.02 Å². The zero-order valence-corrected chi connectivity index (χ0v) is 20.8. The molecule has 5 rings (SSSR count). The van der Waals surface area contributed by atoms with Crippen molar-refractivity contribution < 1.29 is 4.79 Å². The highest BCUT2D eigenvalue weighted by molar-refractivity contribution is 6.30. The minimum Gasteiger partial charge on any atom is -0.342 e. The molecule has 2 aliphatic rings. The number of nitrogens with one attached hydrogen (secondary N) is 1. The van der Waals surface area contributed by atoms with Crippen LogP contribution in [-0.2, 0) is 10.2 Å². The Labute approximate surface area is 210 Å². The van der Waals surface area contributed by atoms with Gasteiger partial charge < -0.3 is 15.6 Å². The molecule has 1 amide bonds. The van der Waals surface area contributed by atoms with Crippen molar-refractivity contribution in [3.8, 4) is 0 Å². The van der Waals surface area contributed by atoms with E-state index in [9.17, 15) is 9.59 Å². The largest absolute Gasteiger partial charge is 0.342 e. The van der Waals surface area contributed by atoms with Gasteiger partial charge in [-0.25, -0.2) is 4.79 Å². The molecule has 8 heteroatoms. The molecule has 1 aliphatic heterocycles. The van der Waals surface area contributed by atoms with E-state index in [-0.39, 0.29) is 41.4 Å². The number of aromatic amines is 1. The highest BCUT2D eigenvalue weighted by Crippen LogP contribution is 2.42. The van der Waals surface area contributed by atoms with Crippen LogP contribution >= 0.6 is 24.0 Å². The van der Waals surface area contributed by atoms with Crippen molar-refractivity contribution >= 4 is 40.9 Å². The number of aromatic nitrogens is 2. The number of carbonyl (C=O) groups excluding carboxylic acids is 1. The fourth-order valence-corrected chi connectivity index (χ4v) is 6.08. The van der Waals surface area contributed by atoms with Gasteiger partial charge in [0, 0.05) is 42.0 Å². The lowest BCUT2D eigenvalue weighted by Crippen LogP contribution is -2.46. The Morgan fingerprint density at radius 1 is 1.06 bits per heavy atom. The predicted octanol–water partition coefficient (Wildman–Crippen LogP) is 4.66. The van der Waals surface area contributed by atoms with Crippen molar-refractivity contribution in [2.75, 3.05) is 19.6 Å². The number of fused-ring (bicyclic) bond motifs is 1. The quantitative estimate of drug-likeness (QED) is 0.544. The van der Waals surface area contributed by atoms with Crippen molar-refractivity contribution in [2.24, 2.45) is 11.7 Å². The van der Waals surface area contributed by atoms with Gasteiger partial charge in [0.05, 0.1) is 11.0 Å². The van der Waals surface area contributed by atoms with Crippen molar-refractivity contribution in [3.63, 3.8) is 0 Å². The first-order valence-corrected chi connectivity index (χ1v) is 12.3. The summed E-state index contributed by atoms with van der Waals surface area (Å²) < 4.78 is 1.87. The van der Waals surface area contributed by atoms with E-state index in [1.54, 1.807) is 0 Å². The Hall–Kier alpha value is -2.28. The number of hydrogen-bond donors (Lipinski definition) is 2. The number of rotatable bonds is 4. The van der Waals surface area contributed by atoms with Crippen molar-refractivity contribution in [2.45, 2.75) is 50.0 Å². The number of halogens is 2. The topological polar surface area (TPSA) is 84.1 Å². The lowest BCUT2D eigenvalue weighted by atomic mass is 9.66. The minimum absolute atomic E-state index is 0. The normalized spacial score (nSPS) is 23.6. The lowest BCUT2D eigenvalue weighted by molar-refractivity contribution is -0.138. The predicted molar refractivity (Wildman–Crippen MR) is 139 cm³/mol. The number of H-pyrrole nitrogens is 1. The second-order valence-electron chi connectivity index (χ2n) is 9.64. The third-order valence-electron chi connectivity index (χ3n) is 7.88. The molecule has 1 saturated heterocycles. The van der Waals surface area contributed by atoms with Crippen LogP contribution in [0.4, 0.5) is 0 Å². The summed E-state index contributed by atoms with van der Waals surface area (Å²) in [6.07, 6.45) is 5.11. The second-order valence-corrected chi connectivity index (χ2v) is 10.1. The van der Waals surface area contributed by atoms with Crippen LogP contribution in [-0.4, -0.2) is 40.0 Å². The highest BCUT2D eigenvalue weighted by atomic mass is 35.5. The highest BCUT2D eigenvalue weighted by Gasteiger charge is 2.39. The summed E-state index contributed by atoms with van der Waals surface area (Å²) in [5, 5.41) is 0.732. The van der Waals surface area contributed by atoms with Gasteiger partial charge in [-0.15, -0.1) is 12.4 Å². The first-order chi connectivity index (χ1) is 16.0. The molecule has 1 saturated carbocycles. The molecule has 0 radical (unpaired) electrons. The molecule has 6 nitrogen and oxygen atoms in total. The van der Waals surface area contributed by atoms with Crippen molar-refractivity contribution in [1.82, 2.24) is 14.5 Å². The lowest BCUT2D eigenvalue weighted by Gasteiger charge is -2.41. The summed E-state index contributed by atoms with van der Waals surface area (Å²) in [6, 6.07) is 15.9. The summed E-state index contributed by atoms with van der Waals surface area (Å²) in [4.78, 5) is 30.8. The molecule has 34 heavy (non-hydrogen) atoms. The molecule has 2 aromatic carbocycles. The number of para-hydroxylation sites is 2. The van der Waals surface area contributed by atoms with Crippen LogP contribution in [0.25, 0.3) is 11.0 Å². The molecule has 0 spiro atoms. The SMILES string of the molecule is Cl.NC[C@]1(c2cccc(Cl)c2)CC[C@H](C(=O)N2CCC(n3c(=O)[nH]c4ccccc43)CC2)CC1. The molecule has 182 valence electrons. The maximum Gasteiger partial charge on any atom is 0.326 e. The minimum atomic E-state index is -0.0921. The number of amides is 1. The third-order valence-corrected chi connectivity index (χ3v) is 8.12. The summed E-state index contributed by atoms with van der Waals surface area (Å²) in [7, 11) is 0. The summed E-state index contributed by atoms with van der Waals surface area (Å²) >= 11 is 6.23. The van der Waals surface area contributed by atoms with Gasteiger partial charge in [-0.1, -0.05) is 35.9 Å². The Morgan fingerprint density at radius 3 is 2.44 bits per heavy atom. The number of benzene rings is 2. The average molecular weight is 503 g/mol. The van der Waals surface area contributed by atoms with Crippen LogP contribution < -0.4 is 11.4 Å². The van der Waals surface area contributed by atoms with Gasteiger partial charge in [0.2, 0.25) is 5.91 Å². The van der Waals surface area contributed by atoms with Crippen molar-refractivity contribution in [3.05, 3.63) is 69.6 Å². The molecule has 2 fully saturated rings. The van der Waals surface area contributed by atoms with E-state index in [0.717, 1.165) is 54.6 Å². The van der Waals surface area contributed by atoms with Crippen molar-refractivity contribution in [1.29, 1.82) is 0 Å². The van der Waals surface area contributed by atoms with Crippen LogP contribution in [0, 0.1) is 5.92 Å². The van der Waals surface area contributed by atoms with Gasteiger partial charge in [0.1, 0.15) is 0 Å². The van der Waals surface area contributed by atoms with E-state index in [1.165, 1.54) is 5.56 Å². The van der Waals surface area contributed by atoms with E-state index in [1.807, 2.05) is 51.9 Å². The maximum absolute atomic E-state index is 13.3. The molecule has 1 aromatic heterocycles. The monoisotopic (exact) mass is 502 g/mol. The number of likely N-dealkylation sites (tertiary alicyclic amines) is 1. The first-order valence-electron chi connectivity index (χ1n) is 11.9. The number of hydrogen-bond acceptors (Lipinski definition) is 3. The molecule has 3 aromatic rings. The van der Waals surface area contributed by atoms with Gasteiger partial charge in [-0.3, -0.25) is 9.36 Å². The average Bonchev–Trinajstić information content (AvgIpc) is 3.19. The first kappa shape index (κ1) is 24.8. The maximum atomic E-state index is 13.3. The zero-order valence-electron chi connectivity index (χ0n) is 19.2. The molecule has 3 N–H and O–H groups in total. The van der Waals surface area contributed by atoms with Crippen LogP contribution in [0.1, 0.15) is 50.1 Å². The number of carbonyl (C=O) groups is 1. The molecule has 0 atom stereocenters. The molecule has 2 heterocycles. The van der Waals surface area contributed by atoms with Gasteiger partial charge in [0.15, 0.2) is 0 Å². The Kier molecular flexibility index (Phi) is 7.41. The van der Waals surface area contributed by atoms with E-state index in [4.69, 9.17) is 17.3 Å². The molecule has 0 bridgehead atoms. The Balaban J connectivity index is 0.00000274. The zero-order chi connectivity index (χ0) is 23.0. The number of nitrogens with two attached hydrogens (primary N) is 1. The second kappa shape index (κ2) is 10.1. The van der Waals surface area contributed by atoms with E-state index >= 15 is 0 Å². The van der Waals surface area contributed by atoms with Gasteiger partial charge >= 0.3 is 5.69 Å². The number of piperidine rings is 1. The summed E-state index contributed by atoms with van der Waals surface area (Å²) in [5.74, 6) is 0.313. The fourth-order valence-electron chi connectivity index (χ4n) is 5.89. The molecule has 1 aliphatic carbocycles. The van der Waals surface area contributed by atoms with E-state index in [0.29, 0.717) is 19.6 Å². The standard InChI is InChI=1S/C26H31ClN4O2.ClH/c27-20-5-3-4-19(16-20)26(17-28)12-8-18(9-13-26)24(32)30-14-10-21(11-15-30)31-23-7-2-1-6-22(23)29-25(31)33;/h1-7,16,18,21H,8-15,17,28H2,(H,29,33);1H/t18-,26-;. The molecule has 0 unspecified atom stereocenters. The van der Waals surface area contributed by atoms with Gasteiger partial charge in [-0.05, 0) is 68.4 Å². The van der Waals surface area contributed by atoms with E-state index in [2.05, 4.69) is 11.1 Å².